The van der Waals surface area contributed by atoms with Crippen LogP contribution in [0.3, 0.4) is 0 Å². The predicted molar refractivity (Wildman–Crippen MR) is 82.0 cm³/mol. The van der Waals surface area contributed by atoms with Gasteiger partial charge in [0.1, 0.15) is 5.60 Å². The van der Waals surface area contributed by atoms with Gasteiger partial charge >= 0.3 is 0 Å². The van der Waals surface area contributed by atoms with Crippen LogP contribution in [0.2, 0.25) is 0 Å². The van der Waals surface area contributed by atoms with Crippen molar-refractivity contribution in [2.24, 2.45) is 11.8 Å². The first-order valence-electron chi connectivity index (χ1n) is 8.26. The number of nitrogens with one attached hydrogen (secondary N) is 1. The molecule has 5 heteroatoms. The van der Waals surface area contributed by atoms with Gasteiger partial charge in [0.2, 0.25) is 11.7 Å². The van der Waals surface area contributed by atoms with Gasteiger partial charge in [0, 0.05) is 13.0 Å². The first-order chi connectivity index (χ1) is 10.1. The molecule has 0 aromatic carbocycles. The van der Waals surface area contributed by atoms with Crippen LogP contribution in [0.5, 0.6) is 0 Å². The zero-order chi connectivity index (χ0) is 15.3. The van der Waals surface area contributed by atoms with Crippen LogP contribution in [0.4, 0.5) is 0 Å². The van der Waals surface area contributed by atoms with E-state index < -0.39 is 5.60 Å². The van der Waals surface area contributed by atoms with Crippen molar-refractivity contribution in [1.29, 1.82) is 0 Å². The highest BCUT2D eigenvalue weighted by atomic mass is 16.5. The maximum absolute atomic E-state index is 5.80. The van der Waals surface area contributed by atoms with E-state index in [0.717, 1.165) is 31.8 Å². The van der Waals surface area contributed by atoms with E-state index in [-0.39, 0.29) is 0 Å². The second-order valence-corrected chi connectivity index (χ2v) is 6.32. The highest BCUT2D eigenvalue weighted by molar-refractivity contribution is 5.00. The maximum Gasteiger partial charge on any atom is 0.227 e. The van der Waals surface area contributed by atoms with Crippen LogP contribution in [0.1, 0.15) is 58.7 Å². The molecule has 0 spiro atoms. The van der Waals surface area contributed by atoms with Crippen LogP contribution < -0.4 is 5.32 Å². The molecule has 1 aliphatic rings. The first-order valence-corrected chi connectivity index (χ1v) is 8.26. The Bertz CT molecular complexity index is 429. The summed E-state index contributed by atoms with van der Waals surface area (Å²) in [5, 5.41) is 7.62. The Morgan fingerprint density at radius 2 is 2.29 bits per heavy atom. The average Bonchev–Trinajstić information content (AvgIpc) is 2.97. The lowest BCUT2D eigenvalue weighted by Gasteiger charge is -2.27. The fraction of sp³-hybridized carbons (Fsp3) is 0.875. The molecule has 21 heavy (non-hydrogen) atoms. The summed E-state index contributed by atoms with van der Waals surface area (Å²) in [6.45, 7) is 11.3. The Morgan fingerprint density at radius 1 is 1.48 bits per heavy atom. The van der Waals surface area contributed by atoms with Crippen molar-refractivity contribution in [3.63, 3.8) is 0 Å². The molecule has 0 saturated carbocycles. The fourth-order valence-electron chi connectivity index (χ4n) is 3.00. The summed E-state index contributed by atoms with van der Waals surface area (Å²) >= 11 is 0. The number of nitrogens with zero attached hydrogens (tertiary/aromatic N) is 2. The summed E-state index contributed by atoms with van der Waals surface area (Å²) in [7, 11) is 0. The molecular formula is C16H29N3O2. The number of hydrogen-bond acceptors (Lipinski definition) is 5. The van der Waals surface area contributed by atoms with Crippen LogP contribution in [-0.4, -0.2) is 29.8 Å². The largest absolute Gasteiger partial charge is 0.367 e. The molecule has 0 radical (unpaired) electrons. The minimum atomic E-state index is -0.438. The lowest BCUT2D eigenvalue weighted by Crippen LogP contribution is -2.34. The van der Waals surface area contributed by atoms with Gasteiger partial charge in [-0.2, -0.15) is 4.98 Å². The standard InChI is InChI=1S/C16H29N3O2/c1-5-16(4,20-6-2)15-18-14(21-19-15)10-12(3)13-8-7-9-17-11-13/h12-13,17H,5-11H2,1-4H3. The van der Waals surface area contributed by atoms with E-state index in [0.29, 0.717) is 24.3 Å². The van der Waals surface area contributed by atoms with Crippen molar-refractivity contribution in [1.82, 2.24) is 15.5 Å². The zero-order valence-corrected chi connectivity index (χ0v) is 13.8. The summed E-state index contributed by atoms with van der Waals surface area (Å²) in [6, 6.07) is 0. The van der Waals surface area contributed by atoms with Gasteiger partial charge in [0.25, 0.3) is 0 Å². The van der Waals surface area contributed by atoms with Crippen LogP contribution >= 0.6 is 0 Å². The Morgan fingerprint density at radius 3 is 2.90 bits per heavy atom. The number of hydrogen-bond donors (Lipinski definition) is 1. The van der Waals surface area contributed by atoms with Gasteiger partial charge in [0.05, 0.1) is 0 Å². The van der Waals surface area contributed by atoms with Crippen molar-refractivity contribution in [2.45, 2.75) is 59.0 Å². The van der Waals surface area contributed by atoms with Crippen molar-refractivity contribution in [3.05, 3.63) is 11.7 Å². The second-order valence-electron chi connectivity index (χ2n) is 6.32. The quantitative estimate of drug-likeness (QED) is 0.838. The molecule has 1 N–H and O–H groups in total. The van der Waals surface area contributed by atoms with E-state index in [1.54, 1.807) is 0 Å². The summed E-state index contributed by atoms with van der Waals surface area (Å²) < 4.78 is 11.3. The van der Waals surface area contributed by atoms with Crippen LogP contribution in [0.15, 0.2) is 4.52 Å². The van der Waals surface area contributed by atoms with Crippen molar-refractivity contribution in [3.8, 4) is 0 Å². The number of rotatable bonds is 7. The first kappa shape index (κ1) is 16.4. The van der Waals surface area contributed by atoms with Gasteiger partial charge in [0.15, 0.2) is 0 Å². The van der Waals surface area contributed by atoms with Crippen LogP contribution in [0.25, 0.3) is 0 Å². The van der Waals surface area contributed by atoms with Gasteiger partial charge in [-0.3, -0.25) is 0 Å². The number of piperidine rings is 1. The summed E-state index contributed by atoms with van der Waals surface area (Å²) in [5.41, 5.74) is -0.438. The van der Waals surface area contributed by atoms with Gasteiger partial charge in [-0.05, 0) is 58.0 Å². The molecule has 0 amide bonds. The summed E-state index contributed by atoms with van der Waals surface area (Å²) in [4.78, 5) is 4.58. The molecule has 1 aromatic rings. The number of aromatic nitrogens is 2. The highest BCUT2D eigenvalue weighted by Crippen LogP contribution is 2.28. The molecule has 0 aliphatic carbocycles. The van der Waals surface area contributed by atoms with Gasteiger partial charge < -0.3 is 14.6 Å². The third-order valence-electron chi connectivity index (χ3n) is 4.71. The molecule has 2 heterocycles. The third kappa shape index (κ3) is 4.04. The molecule has 3 unspecified atom stereocenters. The summed E-state index contributed by atoms with van der Waals surface area (Å²) in [5.74, 6) is 2.68. The fourth-order valence-corrected chi connectivity index (χ4v) is 3.00. The summed E-state index contributed by atoms with van der Waals surface area (Å²) in [6.07, 6.45) is 4.25. The van der Waals surface area contributed by atoms with Crippen LogP contribution in [-0.2, 0) is 16.8 Å². The van der Waals surface area contributed by atoms with Crippen LogP contribution in [0, 0.1) is 11.8 Å². The maximum atomic E-state index is 5.80. The molecule has 5 nitrogen and oxygen atoms in total. The van der Waals surface area contributed by atoms with Crippen molar-refractivity contribution >= 4 is 0 Å². The van der Waals surface area contributed by atoms with E-state index in [2.05, 4.69) is 29.3 Å². The topological polar surface area (TPSA) is 60.2 Å². The zero-order valence-electron chi connectivity index (χ0n) is 13.8. The van der Waals surface area contributed by atoms with E-state index in [1.807, 2.05) is 13.8 Å². The van der Waals surface area contributed by atoms with E-state index in [9.17, 15) is 0 Å². The Hall–Kier alpha value is -0.940. The normalized spacial score (nSPS) is 23.7. The smallest absolute Gasteiger partial charge is 0.227 e. The van der Waals surface area contributed by atoms with Gasteiger partial charge in [-0.25, -0.2) is 0 Å². The molecule has 3 atom stereocenters. The molecule has 1 saturated heterocycles. The van der Waals surface area contributed by atoms with Crippen molar-refractivity contribution in [2.75, 3.05) is 19.7 Å². The molecule has 0 bridgehead atoms. The Kier molecular flexibility index (Phi) is 5.76. The minimum Gasteiger partial charge on any atom is -0.367 e. The van der Waals surface area contributed by atoms with Crippen molar-refractivity contribution < 1.29 is 9.26 Å². The molecule has 2 rings (SSSR count). The number of ether oxygens (including phenoxy) is 1. The molecule has 1 fully saturated rings. The SMILES string of the molecule is CCOC(C)(CC)c1noc(CC(C)C2CCCNC2)n1. The third-order valence-corrected chi connectivity index (χ3v) is 4.71. The van der Waals surface area contributed by atoms with E-state index >= 15 is 0 Å². The molecule has 1 aromatic heterocycles. The van der Waals surface area contributed by atoms with E-state index in [1.165, 1.54) is 12.8 Å². The van der Waals surface area contributed by atoms with E-state index in [4.69, 9.17) is 9.26 Å². The lowest BCUT2D eigenvalue weighted by molar-refractivity contribution is -0.0403. The molecule has 120 valence electrons. The predicted octanol–water partition coefficient (Wildman–Crippen LogP) is 2.91. The van der Waals surface area contributed by atoms with Gasteiger partial charge in [-0.15, -0.1) is 0 Å². The average molecular weight is 295 g/mol. The Balaban J connectivity index is 1.98. The lowest BCUT2D eigenvalue weighted by atomic mass is 9.85. The monoisotopic (exact) mass is 295 g/mol. The molecular weight excluding hydrogens is 266 g/mol. The minimum absolute atomic E-state index is 0.438. The van der Waals surface area contributed by atoms with Gasteiger partial charge in [-0.1, -0.05) is 19.0 Å². The highest BCUT2D eigenvalue weighted by Gasteiger charge is 2.31. The molecule has 1 aliphatic heterocycles. The Labute approximate surface area is 127 Å². The second kappa shape index (κ2) is 7.36.